The van der Waals surface area contributed by atoms with Gasteiger partial charge in [-0.05, 0) is 50.8 Å². The third-order valence-corrected chi connectivity index (χ3v) is 6.14. The lowest BCUT2D eigenvalue weighted by Gasteiger charge is -2.09. The van der Waals surface area contributed by atoms with Gasteiger partial charge in [-0.1, -0.05) is 6.07 Å². The number of aromatic nitrogens is 2. The highest BCUT2D eigenvalue weighted by Crippen LogP contribution is 2.18. The van der Waals surface area contributed by atoms with Gasteiger partial charge >= 0.3 is 5.97 Å². The van der Waals surface area contributed by atoms with E-state index in [0.29, 0.717) is 11.3 Å². The summed E-state index contributed by atoms with van der Waals surface area (Å²) in [7, 11) is 0. The van der Waals surface area contributed by atoms with Gasteiger partial charge in [0.05, 0.1) is 10.7 Å². The van der Waals surface area contributed by atoms with E-state index in [0.717, 1.165) is 29.4 Å². The number of Topliss-reactive ketones (excluding diaryl/α,β-unsaturated/α-hetero) is 1. The Morgan fingerprint density at radius 3 is 2.75 bits per heavy atom. The smallest absolute Gasteiger partial charge is 0.331 e. The summed E-state index contributed by atoms with van der Waals surface area (Å²) in [6.07, 6.45) is 3.82. The van der Waals surface area contributed by atoms with Crippen LogP contribution in [0, 0.1) is 20.8 Å². The van der Waals surface area contributed by atoms with Crippen molar-refractivity contribution in [3.05, 3.63) is 67.6 Å². The number of aryl methyl sites for hydroxylation is 3. The number of hydrogen-bond donors (Lipinski definition) is 0. The number of nitrogens with zero attached hydrogens (tertiary/aromatic N) is 2. The van der Waals surface area contributed by atoms with Gasteiger partial charge in [0.25, 0.3) is 0 Å². The molecule has 0 aliphatic rings. The Balaban J connectivity index is 1.57. The first kappa shape index (κ1) is 20.2. The van der Waals surface area contributed by atoms with Crippen molar-refractivity contribution in [1.82, 2.24) is 9.55 Å². The lowest BCUT2D eigenvalue weighted by Crippen LogP contribution is -2.14. The van der Waals surface area contributed by atoms with Gasteiger partial charge in [-0.25, -0.2) is 9.78 Å². The molecule has 0 atom stereocenters. The summed E-state index contributed by atoms with van der Waals surface area (Å²) in [5, 5.41) is 4.85. The summed E-state index contributed by atoms with van der Waals surface area (Å²) in [5.41, 5.74) is 3.25. The normalized spacial score (nSPS) is 11.2. The third-order valence-electron chi connectivity index (χ3n) is 4.41. The number of hydrogen-bond acceptors (Lipinski definition) is 6. The van der Waals surface area contributed by atoms with Crippen LogP contribution in [0.3, 0.4) is 0 Å². The second kappa shape index (κ2) is 9.12. The number of carbonyl (C=O) groups is 2. The minimum atomic E-state index is -0.550. The molecule has 0 saturated heterocycles. The van der Waals surface area contributed by atoms with Crippen LogP contribution < -0.4 is 0 Å². The van der Waals surface area contributed by atoms with Gasteiger partial charge in [0, 0.05) is 39.8 Å². The highest BCUT2D eigenvalue weighted by Gasteiger charge is 2.17. The molecule has 0 aliphatic carbocycles. The number of thiophene rings is 1. The molecule has 0 saturated carbocycles. The first-order valence-electron chi connectivity index (χ1n) is 8.93. The Labute approximate surface area is 172 Å². The molecule has 28 heavy (non-hydrogen) atoms. The van der Waals surface area contributed by atoms with Crippen molar-refractivity contribution in [1.29, 1.82) is 0 Å². The largest absolute Gasteiger partial charge is 0.454 e. The number of ether oxygens (including phenoxy) is 1. The molecule has 5 nitrogen and oxygen atoms in total. The summed E-state index contributed by atoms with van der Waals surface area (Å²) < 4.78 is 7.24. The number of esters is 1. The second-order valence-corrected chi connectivity index (χ2v) is 8.52. The first-order chi connectivity index (χ1) is 13.4. The van der Waals surface area contributed by atoms with Gasteiger partial charge in [-0.15, -0.1) is 22.7 Å². The zero-order valence-electron chi connectivity index (χ0n) is 16.1. The summed E-state index contributed by atoms with van der Waals surface area (Å²) in [5.74, 6) is -0.743. The minimum absolute atomic E-state index is 0.193. The number of ketones is 1. The first-order valence-corrected chi connectivity index (χ1v) is 10.7. The van der Waals surface area contributed by atoms with E-state index in [2.05, 4.69) is 21.0 Å². The van der Waals surface area contributed by atoms with Crippen molar-refractivity contribution in [3.63, 3.8) is 0 Å². The van der Waals surface area contributed by atoms with Gasteiger partial charge in [0.15, 0.2) is 6.61 Å². The number of rotatable bonds is 8. The van der Waals surface area contributed by atoms with Gasteiger partial charge in [-0.2, -0.15) is 0 Å². The summed E-state index contributed by atoms with van der Waals surface area (Å²) >= 11 is 3.24. The molecule has 0 spiro atoms. The van der Waals surface area contributed by atoms with Gasteiger partial charge in [0.2, 0.25) is 5.78 Å². The molecule has 0 bridgehead atoms. The Kier molecular flexibility index (Phi) is 6.59. The maximum Gasteiger partial charge on any atom is 0.331 e. The second-order valence-electron chi connectivity index (χ2n) is 6.42. The van der Waals surface area contributed by atoms with Crippen molar-refractivity contribution in [2.24, 2.45) is 0 Å². The molecule has 3 aromatic heterocycles. The lowest BCUT2D eigenvalue weighted by atomic mass is 10.1. The van der Waals surface area contributed by atoms with E-state index in [4.69, 9.17) is 4.74 Å². The molecule has 7 heteroatoms. The van der Waals surface area contributed by atoms with E-state index in [1.165, 1.54) is 22.3 Å². The molecular formula is C21H22N2O3S2. The SMILES string of the molecule is Cc1nc(/C=C/C(=O)OCC(=O)c2cc(C)n(CCc3cccs3)c2C)cs1. The molecule has 0 unspecified atom stereocenters. The fraction of sp³-hybridized carbons (Fsp3) is 0.286. The van der Waals surface area contributed by atoms with Crippen LogP contribution in [0.1, 0.15) is 37.3 Å². The Hall–Kier alpha value is -2.51. The fourth-order valence-corrected chi connectivity index (χ4v) is 4.26. The highest BCUT2D eigenvalue weighted by molar-refractivity contribution is 7.10. The van der Waals surface area contributed by atoms with Crippen LogP contribution in [-0.2, 0) is 22.5 Å². The average molecular weight is 415 g/mol. The van der Waals surface area contributed by atoms with Crippen molar-refractivity contribution in [3.8, 4) is 0 Å². The summed E-state index contributed by atoms with van der Waals surface area (Å²) in [4.78, 5) is 29.9. The molecule has 0 aliphatic heterocycles. The standard InChI is InChI=1S/C21H22N2O3S2/c1-14-11-19(15(2)23(14)9-8-18-5-4-10-27-18)20(24)12-26-21(25)7-6-17-13-28-16(3)22-17/h4-7,10-11,13H,8-9,12H2,1-3H3/b7-6+. The Morgan fingerprint density at radius 2 is 2.07 bits per heavy atom. The predicted octanol–water partition coefficient (Wildman–Crippen LogP) is 4.61. The van der Waals surface area contributed by atoms with Crippen LogP contribution in [0.25, 0.3) is 6.08 Å². The van der Waals surface area contributed by atoms with Crippen molar-refractivity contribution in [2.45, 2.75) is 33.7 Å². The molecule has 3 heterocycles. The summed E-state index contributed by atoms with van der Waals surface area (Å²) in [6, 6.07) is 6.03. The quantitative estimate of drug-likeness (QED) is 0.307. The molecule has 0 radical (unpaired) electrons. The zero-order chi connectivity index (χ0) is 20.1. The predicted molar refractivity (Wildman–Crippen MR) is 113 cm³/mol. The van der Waals surface area contributed by atoms with Crippen LogP contribution in [-0.4, -0.2) is 27.9 Å². The van der Waals surface area contributed by atoms with E-state index >= 15 is 0 Å². The zero-order valence-corrected chi connectivity index (χ0v) is 17.7. The van der Waals surface area contributed by atoms with E-state index in [-0.39, 0.29) is 12.4 Å². The minimum Gasteiger partial charge on any atom is -0.454 e. The topological polar surface area (TPSA) is 61.2 Å². The molecule has 0 fully saturated rings. The Morgan fingerprint density at radius 1 is 1.25 bits per heavy atom. The molecule has 0 aromatic carbocycles. The Bertz CT molecular complexity index is 997. The van der Waals surface area contributed by atoms with Crippen molar-refractivity contribution < 1.29 is 14.3 Å². The van der Waals surface area contributed by atoms with Gasteiger partial charge < -0.3 is 9.30 Å². The van der Waals surface area contributed by atoms with Crippen LogP contribution >= 0.6 is 22.7 Å². The highest BCUT2D eigenvalue weighted by atomic mass is 32.1. The summed E-state index contributed by atoms with van der Waals surface area (Å²) in [6.45, 7) is 6.37. The molecule has 0 N–H and O–H groups in total. The molecule has 3 aromatic rings. The van der Waals surface area contributed by atoms with Crippen LogP contribution in [0.5, 0.6) is 0 Å². The number of thiazole rings is 1. The third kappa shape index (κ3) is 5.05. The van der Waals surface area contributed by atoms with Crippen molar-refractivity contribution >= 4 is 40.5 Å². The monoisotopic (exact) mass is 414 g/mol. The van der Waals surface area contributed by atoms with Crippen LogP contribution in [0.4, 0.5) is 0 Å². The number of carbonyl (C=O) groups excluding carboxylic acids is 2. The van der Waals surface area contributed by atoms with E-state index in [1.54, 1.807) is 17.4 Å². The molecular weight excluding hydrogens is 392 g/mol. The van der Waals surface area contributed by atoms with Gasteiger partial charge in [-0.3, -0.25) is 4.79 Å². The average Bonchev–Trinajstić information content (AvgIpc) is 3.39. The van der Waals surface area contributed by atoms with Gasteiger partial charge in [0.1, 0.15) is 0 Å². The van der Waals surface area contributed by atoms with E-state index in [9.17, 15) is 9.59 Å². The fourth-order valence-electron chi connectivity index (χ4n) is 2.98. The molecule has 0 amide bonds. The lowest BCUT2D eigenvalue weighted by molar-refractivity contribution is -0.136. The molecule has 3 rings (SSSR count). The van der Waals surface area contributed by atoms with E-state index in [1.807, 2.05) is 38.3 Å². The molecule has 146 valence electrons. The maximum atomic E-state index is 12.5. The van der Waals surface area contributed by atoms with Crippen LogP contribution in [0.15, 0.2) is 35.0 Å². The van der Waals surface area contributed by atoms with Crippen LogP contribution in [0.2, 0.25) is 0 Å². The van der Waals surface area contributed by atoms with Crippen molar-refractivity contribution in [2.75, 3.05) is 6.61 Å². The van der Waals surface area contributed by atoms with E-state index < -0.39 is 5.97 Å². The maximum absolute atomic E-state index is 12.5.